The predicted octanol–water partition coefficient (Wildman–Crippen LogP) is 2.95. The van der Waals surface area contributed by atoms with E-state index in [4.69, 9.17) is 0 Å². The molecule has 3 nitrogen and oxygen atoms in total. The third-order valence-electron chi connectivity index (χ3n) is 4.28. The Hall–Kier alpha value is -2.20. The zero-order valence-corrected chi connectivity index (χ0v) is 15.4. The minimum atomic E-state index is -0.276. The van der Waals surface area contributed by atoms with Crippen molar-refractivity contribution in [2.75, 3.05) is 0 Å². The summed E-state index contributed by atoms with van der Waals surface area (Å²) in [7, 11) is 0. The Labute approximate surface area is 149 Å². The number of hydrogen-bond donors (Lipinski definition) is 2. The lowest BCUT2D eigenvalue weighted by Gasteiger charge is -2.21. The Kier molecular flexibility index (Phi) is 6.71. The van der Waals surface area contributed by atoms with Gasteiger partial charge in [0.15, 0.2) is 6.04 Å². The summed E-state index contributed by atoms with van der Waals surface area (Å²) in [6.07, 6.45) is 0.974. The molecule has 0 radical (unpaired) electrons. The fourth-order valence-corrected chi connectivity index (χ4v) is 2.87. The van der Waals surface area contributed by atoms with Crippen molar-refractivity contribution in [3.05, 3.63) is 71.0 Å². The fourth-order valence-electron chi connectivity index (χ4n) is 2.87. The van der Waals surface area contributed by atoms with E-state index in [1.807, 2.05) is 32.2 Å². The second kappa shape index (κ2) is 8.77. The topological polar surface area (TPSA) is 45.7 Å². The van der Waals surface area contributed by atoms with Crippen LogP contribution >= 0.6 is 0 Å². The van der Waals surface area contributed by atoms with Gasteiger partial charge in [-0.25, -0.2) is 4.39 Å². The van der Waals surface area contributed by atoms with Crippen molar-refractivity contribution in [1.29, 1.82) is 0 Å². The normalized spacial score (nSPS) is 13.5. The van der Waals surface area contributed by atoms with E-state index in [-0.39, 0.29) is 29.8 Å². The lowest BCUT2D eigenvalue weighted by Crippen LogP contribution is -2.93. The van der Waals surface area contributed by atoms with Gasteiger partial charge >= 0.3 is 0 Å². The van der Waals surface area contributed by atoms with Crippen LogP contribution in [0.5, 0.6) is 0 Å². The molecular formula is C21H28FN2O+. The fraction of sp³-hybridized carbons (Fsp3) is 0.381. The number of quaternary nitrogens is 1. The molecule has 0 saturated heterocycles. The number of carbonyl (C=O) groups is 1. The van der Waals surface area contributed by atoms with Crippen LogP contribution in [0.2, 0.25) is 0 Å². The number of halogens is 1. The van der Waals surface area contributed by atoms with E-state index in [0.29, 0.717) is 0 Å². The van der Waals surface area contributed by atoms with Crippen LogP contribution in [0, 0.1) is 5.82 Å². The summed E-state index contributed by atoms with van der Waals surface area (Å²) in [5, 5.41) is 4.93. The zero-order chi connectivity index (χ0) is 18.4. The minimum absolute atomic E-state index is 0.0124. The average Bonchev–Trinajstić information content (AvgIpc) is 2.59. The summed E-state index contributed by atoms with van der Waals surface area (Å²) in [6.45, 7) is 7.88. The first kappa shape index (κ1) is 19.1. The van der Waals surface area contributed by atoms with Crippen LogP contribution in [-0.2, 0) is 11.2 Å². The highest BCUT2D eigenvalue weighted by atomic mass is 19.1. The molecule has 2 rings (SSSR count). The van der Waals surface area contributed by atoms with E-state index in [1.54, 1.807) is 12.1 Å². The second-order valence-corrected chi connectivity index (χ2v) is 6.77. The molecule has 0 aromatic heterocycles. The highest BCUT2D eigenvalue weighted by Crippen LogP contribution is 2.20. The predicted molar refractivity (Wildman–Crippen MR) is 98.7 cm³/mol. The summed E-state index contributed by atoms with van der Waals surface area (Å²) in [5.41, 5.74) is 3.17. The van der Waals surface area contributed by atoms with Gasteiger partial charge in [0.25, 0.3) is 5.91 Å². The standard InChI is InChI=1S/C21H27FN2O/c1-5-16-9-11-17(12-10-16)20(18-7-6-8-19(22)13-18)24-15(4)21(25)23-14(2)3/h6-15,20,24H,5H2,1-4H3,(H,23,25)/p+1/t15-,20-/m1/s1. The van der Waals surface area contributed by atoms with E-state index in [1.165, 1.54) is 11.6 Å². The van der Waals surface area contributed by atoms with Crippen molar-refractivity contribution in [3.8, 4) is 0 Å². The third kappa shape index (κ3) is 5.40. The second-order valence-electron chi connectivity index (χ2n) is 6.77. The van der Waals surface area contributed by atoms with Crippen molar-refractivity contribution < 1.29 is 14.5 Å². The number of amides is 1. The smallest absolute Gasteiger partial charge is 0.278 e. The molecule has 25 heavy (non-hydrogen) atoms. The molecule has 134 valence electrons. The lowest BCUT2D eigenvalue weighted by molar-refractivity contribution is -0.704. The summed E-state index contributed by atoms with van der Waals surface area (Å²) in [5.74, 6) is -0.276. The first-order valence-corrected chi connectivity index (χ1v) is 8.90. The number of nitrogens with two attached hydrogens (primary N) is 1. The Morgan fingerprint density at radius 3 is 2.32 bits per heavy atom. The summed E-state index contributed by atoms with van der Waals surface area (Å²) in [6, 6.07) is 14.6. The van der Waals surface area contributed by atoms with E-state index < -0.39 is 0 Å². The monoisotopic (exact) mass is 343 g/mol. The van der Waals surface area contributed by atoms with Gasteiger partial charge in [-0.15, -0.1) is 0 Å². The molecule has 0 aliphatic heterocycles. The lowest BCUT2D eigenvalue weighted by atomic mass is 9.96. The molecule has 0 fully saturated rings. The summed E-state index contributed by atoms with van der Waals surface area (Å²) in [4.78, 5) is 12.3. The molecule has 1 amide bonds. The number of rotatable bonds is 7. The van der Waals surface area contributed by atoms with Crippen LogP contribution in [0.15, 0.2) is 48.5 Å². The van der Waals surface area contributed by atoms with E-state index in [0.717, 1.165) is 17.5 Å². The Morgan fingerprint density at radius 1 is 1.08 bits per heavy atom. The first-order valence-electron chi connectivity index (χ1n) is 8.90. The van der Waals surface area contributed by atoms with Crippen molar-refractivity contribution in [2.24, 2.45) is 0 Å². The molecule has 0 heterocycles. The van der Waals surface area contributed by atoms with E-state index in [9.17, 15) is 9.18 Å². The number of benzene rings is 2. The summed E-state index contributed by atoms with van der Waals surface area (Å²) >= 11 is 0. The van der Waals surface area contributed by atoms with Crippen LogP contribution in [0.4, 0.5) is 4.39 Å². The molecule has 2 aromatic carbocycles. The highest BCUT2D eigenvalue weighted by molar-refractivity contribution is 5.80. The van der Waals surface area contributed by atoms with Crippen molar-refractivity contribution >= 4 is 5.91 Å². The first-order chi connectivity index (χ1) is 11.9. The van der Waals surface area contributed by atoms with Gasteiger partial charge in [-0.2, -0.15) is 0 Å². The largest absolute Gasteiger partial charge is 0.349 e. The van der Waals surface area contributed by atoms with Gasteiger partial charge in [0.1, 0.15) is 11.9 Å². The molecule has 3 N–H and O–H groups in total. The van der Waals surface area contributed by atoms with Gasteiger partial charge in [-0.3, -0.25) is 4.79 Å². The van der Waals surface area contributed by atoms with Gasteiger partial charge in [0.05, 0.1) is 0 Å². The van der Waals surface area contributed by atoms with Crippen LogP contribution in [0.1, 0.15) is 50.4 Å². The Bertz CT molecular complexity index is 697. The van der Waals surface area contributed by atoms with Crippen molar-refractivity contribution in [3.63, 3.8) is 0 Å². The van der Waals surface area contributed by atoms with Gasteiger partial charge in [0, 0.05) is 17.2 Å². The molecular weight excluding hydrogens is 315 g/mol. The molecule has 2 aromatic rings. The summed E-state index contributed by atoms with van der Waals surface area (Å²) < 4.78 is 13.7. The Balaban J connectivity index is 2.30. The maximum Gasteiger partial charge on any atom is 0.278 e. The van der Waals surface area contributed by atoms with E-state index in [2.05, 4.69) is 36.5 Å². The molecule has 0 aliphatic carbocycles. The molecule has 0 aliphatic rings. The number of hydrogen-bond acceptors (Lipinski definition) is 1. The minimum Gasteiger partial charge on any atom is -0.349 e. The van der Waals surface area contributed by atoms with Gasteiger partial charge in [-0.1, -0.05) is 43.3 Å². The van der Waals surface area contributed by atoms with Crippen LogP contribution in [-0.4, -0.2) is 18.0 Å². The number of nitrogens with one attached hydrogen (secondary N) is 1. The van der Waals surface area contributed by atoms with Crippen molar-refractivity contribution in [1.82, 2.24) is 5.32 Å². The van der Waals surface area contributed by atoms with Gasteiger partial charge in [-0.05, 0) is 44.9 Å². The molecule has 2 atom stereocenters. The molecule has 0 unspecified atom stereocenters. The maximum atomic E-state index is 13.7. The number of carbonyl (C=O) groups excluding carboxylic acids is 1. The maximum absolute atomic E-state index is 13.7. The molecule has 0 saturated carbocycles. The van der Waals surface area contributed by atoms with Gasteiger partial charge < -0.3 is 10.6 Å². The molecule has 0 spiro atoms. The molecule has 0 bridgehead atoms. The van der Waals surface area contributed by atoms with E-state index >= 15 is 0 Å². The quantitative estimate of drug-likeness (QED) is 0.798. The molecule has 4 heteroatoms. The van der Waals surface area contributed by atoms with Crippen LogP contribution in [0.25, 0.3) is 0 Å². The van der Waals surface area contributed by atoms with Gasteiger partial charge in [0.2, 0.25) is 0 Å². The third-order valence-corrected chi connectivity index (χ3v) is 4.28. The zero-order valence-electron chi connectivity index (χ0n) is 15.4. The average molecular weight is 343 g/mol. The SMILES string of the molecule is CCc1ccc([C@@H]([NH2+][C@H](C)C(=O)NC(C)C)c2cccc(F)c2)cc1. The van der Waals surface area contributed by atoms with Crippen LogP contribution in [0.3, 0.4) is 0 Å². The highest BCUT2D eigenvalue weighted by Gasteiger charge is 2.25. The van der Waals surface area contributed by atoms with Crippen molar-refractivity contribution in [2.45, 2.75) is 52.2 Å². The number of aryl methyl sites for hydroxylation is 1. The van der Waals surface area contributed by atoms with Crippen LogP contribution < -0.4 is 10.6 Å². The Morgan fingerprint density at radius 2 is 1.76 bits per heavy atom.